The van der Waals surface area contributed by atoms with Gasteiger partial charge in [-0.25, -0.2) is 18.4 Å². The Morgan fingerprint density at radius 2 is 1.94 bits per heavy atom. The van der Waals surface area contributed by atoms with Crippen LogP contribution >= 0.6 is 27.3 Å². The average molecular weight is 349 g/mol. The molecule has 0 aliphatic heterocycles. The molecule has 0 aliphatic carbocycles. The van der Waals surface area contributed by atoms with Crippen LogP contribution in [0, 0.1) is 13.8 Å². The van der Waals surface area contributed by atoms with Gasteiger partial charge >= 0.3 is 0 Å². The van der Waals surface area contributed by atoms with Crippen LogP contribution in [0.1, 0.15) is 24.6 Å². The van der Waals surface area contributed by atoms with E-state index in [0.717, 1.165) is 20.4 Å². The standard InChI is InChI=1S/C11H13BrN2O2S2/c1-4-5-18(15,16)11-14-10-9(17-11)6(2)8(12)7(3)13-10/h4-5H2,1-3H3. The minimum Gasteiger partial charge on any atom is -0.231 e. The van der Waals surface area contributed by atoms with Crippen LogP contribution in [0.5, 0.6) is 0 Å². The van der Waals surface area contributed by atoms with E-state index in [-0.39, 0.29) is 10.1 Å². The zero-order chi connectivity index (χ0) is 13.5. The number of nitrogens with zero attached hydrogens (tertiary/aromatic N) is 2. The molecule has 0 unspecified atom stereocenters. The third kappa shape index (κ3) is 2.31. The third-order valence-electron chi connectivity index (χ3n) is 2.59. The fourth-order valence-corrected chi connectivity index (χ4v) is 4.79. The molecular weight excluding hydrogens is 336 g/mol. The molecule has 0 N–H and O–H groups in total. The highest BCUT2D eigenvalue weighted by atomic mass is 79.9. The summed E-state index contributed by atoms with van der Waals surface area (Å²) in [6.45, 7) is 5.65. The number of halogens is 1. The van der Waals surface area contributed by atoms with E-state index in [1.807, 2.05) is 20.8 Å². The molecule has 0 saturated heterocycles. The Kier molecular flexibility index (Phi) is 3.75. The summed E-state index contributed by atoms with van der Waals surface area (Å²) >= 11 is 4.66. The van der Waals surface area contributed by atoms with Crippen LogP contribution in [-0.4, -0.2) is 24.1 Å². The van der Waals surface area contributed by atoms with Crippen LogP contribution < -0.4 is 0 Å². The molecule has 0 saturated carbocycles. The van der Waals surface area contributed by atoms with Gasteiger partial charge in [0, 0.05) is 4.47 Å². The van der Waals surface area contributed by atoms with Crippen molar-refractivity contribution >= 4 is 47.5 Å². The fourth-order valence-electron chi connectivity index (χ4n) is 1.68. The maximum absolute atomic E-state index is 12.0. The lowest BCUT2D eigenvalue weighted by Gasteiger charge is -2.01. The maximum Gasteiger partial charge on any atom is 0.211 e. The van der Waals surface area contributed by atoms with Gasteiger partial charge in [-0.05, 0) is 41.8 Å². The molecule has 0 fully saturated rings. The second-order valence-corrected chi connectivity index (χ2v) is 8.16. The molecule has 98 valence electrons. The Bertz CT molecular complexity index is 707. The predicted molar refractivity (Wildman–Crippen MR) is 76.9 cm³/mol. The summed E-state index contributed by atoms with van der Waals surface area (Å²) in [5.74, 6) is 0.131. The van der Waals surface area contributed by atoms with Gasteiger partial charge in [0.1, 0.15) is 0 Å². The third-order valence-corrected chi connectivity index (χ3v) is 7.30. The van der Waals surface area contributed by atoms with E-state index in [2.05, 4.69) is 25.9 Å². The summed E-state index contributed by atoms with van der Waals surface area (Å²) in [5, 5.41) is 0. The number of aromatic nitrogens is 2. The van der Waals surface area contributed by atoms with Crippen LogP contribution in [0.15, 0.2) is 8.81 Å². The predicted octanol–water partition coefficient (Wildman–Crippen LogP) is 3.25. The number of fused-ring (bicyclic) bond motifs is 1. The summed E-state index contributed by atoms with van der Waals surface area (Å²) in [6, 6.07) is 0. The lowest BCUT2D eigenvalue weighted by Crippen LogP contribution is -2.05. The number of hydrogen-bond donors (Lipinski definition) is 0. The smallest absolute Gasteiger partial charge is 0.211 e. The molecule has 2 aromatic heterocycles. The molecule has 2 rings (SSSR count). The van der Waals surface area contributed by atoms with Crippen molar-refractivity contribution in [3.63, 3.8) is 0 Å². The van der Waals surface area contributed by atoms with Crippen molar-refractivity contribution in [2.75, 3.05) is 5.75 Å². The number of thiazole rings is 1. The van der Waals surface area contributed by atoms with Crippen molar-refractivity contribution in [2.45, 2.75) is 31.5 Å². The van der Waals surface area contributed by atoms with E-state index >= 15 is 0 Å². The van der Waals surface area contributed by atoms with Crippen LogP contribution in [0.2, 0.25) is 0 Å². The average Bonchev–Trinajstić information content (AvgIpc) is 2.70. The molecule has 0 amide bonds. The van der Waals surface area contributed by atoms with E-state index in [0.29, 0.717) is 12.1 Å². The SMILES string of the molecule is CCCS(=O)(=O)c1nc2nc(C)c(Br)c(C)c2s1. The van der Waals surface area contributed by atoms with Crippen molar-refractivity contribution in [1.29, 1.82) is 0 Å². The molecule has 0 aliphatic rings. The number of hydrogen-bond acceptors (Lipinski definition) is 5. The maximum atomic E-state index is 12.0. The largest absolute Gasteiger partial charge is 0.231 e. The van der Waals surface area contributed by atoms with Crippen LogP contribution in [0.3, 0.4) is 0 Å². The van der Waals surface area contributed by atoms with Gasteiger partial charge in [-0.15, -0.1) is 11.3 Å². The number of sulfone groups is 1. The van der Waals surface area contributed by atoms with Gasteiger partial charge < -0.3 is 0 Å². The first-order chi connectivity index (χ1) is 8.36. The first-order valence-electron chi connectivity index (χ1n) is 5.52. The van der Waals surface area contributed by atoms with Gasteiger partial charge in [0.15, 0.2) is 5.65 Å². The van der Waals surface area contributed by atoms with Gasteiger partial charge in [0.2, 0.25) is 14.2 Å². The fraction of sp³-hybridized carbons (Fsp3) is 0.455. The molecule has 0 atom stereocenters. The Hall–Kier alpha value is -0.530. The Labute approximate surface area is 119 Å². The van der Waals surface area contributed by atoms with Crippen LogP contribution in [-0.2, 0) is 9.84 Å². The van der Waals surface area contributed by atoms with E-state index in [9.17, 15) is 8.42 Å². The van der Waals surface area contributed by atoms with Crippen molar-refractivity contribution in [1.82, 2.24) is 9.97 Å². The molecule has 0 bridgehead atoms. The van der Waals surface area contributed by atoms with Gasteiger partial charge in [-0.2, -0.15) is 0 Å². The molecule has 0 aromatic carbocycles. The molecule has 2 heterocycles. The molecule has 0 spiro atoms. The first kappa shape index (κ1) is 13.9. The second-order valence-electron chi connectivity index (χ2n) is 4.09. The van der Waals surface area contributed by atoms with Crippen LogP contribution in [0.25, 0.3) is 10.3 Å². The zero-order valence-electron chi connectivity index (χ0n) is 10.3. The van der Waals surface area contributed by atoms with E-state index in [1.165, 1.54) is 11.3 Å². The lowest BCUT2D eigenvalue weighted by molar-refractivity contribution is 0.594. The number of rotatable bonds is 3. The quantitative estimate of drug-likeness (QED) is 0.853. The van der Waals surface area contributed by atoms with Crippen molar-refractivity contribution < 1.29 is 8.42 Å². The molecule has 0 radical (unpaired) electrons. The van der Waals surface area contributed by atoms with Crippen LogP contribution in [0.4, 0.5) is 0 Å². The monoisotopic (exact) mass is 348 g/mol. The highest BCUT2D eigenvalue weighted by molar-refractivity contribution is 9.10. The Balaban J connectivity index is 2.69. The molecule has 7 heteroatoms. The summed E-state index contributed by atoms with van der Waals surface area (Å²) in [7, 11) is -3.26. The normalized spacial score (nSPS) is 12.2. The van der Waals surface area contributed by atoms with E-state index in [4.69, 9.17) is 0 Å². The molecule has 18 heavy (non-hydrogen) atoms. The van der Waals surface area contributed by atoms with Gasteiger partial charge in [-0.3, -0.25) is 0 Å². The Morgan fingerprint density at radius 3 is 2.56 bits per heavy atom. The second kappa shape index (κ2) is 4.86. The highest BCUT2D eigenvalue weighted by Crippen LogP contribution is 2.32. The topological polar surface area (TPSA) is 59.9 Å². The molecular formula is C11H13BrN2O2S2. The highest BCUT2D eigenvalue weighted by Gasteiger charge is 2.21. The minimum absolute atomic E-state index is 0.131. The minimum atomic E-state index is -3.26. The molecule has 4 nitrogen and oxygen atoms in total. The zero-order valence-corrected chi connectivity index (χ0v) is 13.5. The molecule has 2 aromatic rings. The van der Waals surface area contributed by atoms with Crippen molar-refractivity contribution in [3.05, 3.63) is 15.7 Å². The summed E-state index contributed by atoms with van der Waals surface area (Å²) in [4.78, 5) is 8.48. The summed E-state index contributed by atoms with van der Waals surface area (Å²) in [5.41, 5.74) is 2.34. The van der Waals surface area contributed by atoms with Gasteiger partial charge in [0.25, 0.3) is 0 Å². The van der Waals surface area contributed by atoms with Gasteiger partial charge in [-0.1, -0.05) is 6.92 Å². The van der Waals surface area contributed by atoms with Crippen molar-refractivity contribution in [3.8, 4) is 0 Å². The lowest BCUT2D eigenvalue weighted by atomic mass is 10.2. The van der Waals surface area contributed by atoms with Gasteiger partial charge in [0.05, 0.1) is 16.1 Å². The number of pyridine rings is 1. The summed E-state index contributed by atoms with van der Waals surface area (Å²) < 4.78 is 25.9. The first-order valence-corrected chi connectivity index (χ1v) is 8.79. The van der Waals surface area contributed by atoms with E-state index < -0.39 is 9.84 Å². The van der Waals surface area contributed by atoms with Crippen molar-refractivity contribution in [2.24, 2.45) is 0 Å². The number of aryl methyl sites for hydroxylation is 2. The summed E-state index contributed by atoms with van der Waals surface area (Å²) in [6.07, 6.45) is 0.591. The Morgan fingerprint density at radius 1 is 1.28 bits per heavy atom. The van der Waals surface area contributed by atoms with E-state index in [1.54, 1.807) is 0 Å².